The highest BCUT2D eigenvalue weighted by molar-refractivity contribution is 5.78. The van der Waals surface area contributed by atoms with Crippen LogP contribution < -0.4 is 9.47 Å². The summed E-state index contributed by atoms with van der Waals surface area (Å²) >= 11 is 0. The second kappa shape index (κ2) is 8.75. The van der Waals surface area contributed by atoms with Gasteiger partial charge < -0.3 is 14.4 Å². The van der Waals surface area contributed by atoms with E-state index in [4.69, 9.17) is 9.47 Å². The average Bonchev–Trinajstić information content (AvgIpc) is 2.68. The van der Waals surface area contributed by atoms with Crippen LogP contribution in [0.1, 0.15) is 24.0 Å². The fraction of sp³-hybridized carbons (Fsp3) is 0.409. The first-order chi connectivity index (χ1) is 12.7. The summed E-state index contributed by atoms with van der Waals surface area (Å²) in [6, 6.07) is 15.8. The molecule has 26 heavy (non-hydrogen) atoms. The molecule has 0 saturated carbocycles. The predicted octanol–water partition coefficient (Wildman–Crippen LogP) is 3.86. The first-order valence-electron chi connectivity index (χ1n) is 9.25. The Bertz CT molecular complexity index is 726. The number of rotatable bonds is 6. The number of nitrogens with zero attached hydrogens (tertiary/aromatic N) is 1. The summed E-state index contributed by atoms with van der Waals surface area (Å²) in [6.07, 6.45) is 2.59. The van der Waals surface area contributed by atoms with E-state index in [0.717, 1.165) is 48.6 Å². The molecule has 0 aliphatic carbocycles. The van der Waals surface area contributed by atoms with Crippen molar-refractivity contribution >= 4 is 5.91 Å². The van der Waals surface area contributed by atoms with Crippen LogP contribution in [0.15, 0.2) is 48.5 Å². The van der Waals surface area contributed by atoms with Gasteiger partial charge in [-0.15, -0.1) is 0 Å². The van der Waals surface area contributed by atoms with Crippen LogP contribution >= 0.6 is 0 Å². The van der Waals surface area contributed by atoms with E-state index in [9.17, 15) is 4.79 Å². The summed E-state index contributed by atoms with van der Waals surface area (Å²) in [6.45, 7) is 4.34. The lowest BCUT2D eigenvalue weighted by Gasteiger charge is -2.33. The van der Waals surface area contributed by atoms with Gasteiger partial charge in [-0.05, 0) is 49.1 Å². The van der Waals surface area contributed by atoms with Crippen molar-refractivity contribution in [2.24, 2.45) is 5.92 Å². The molecule has 1 unspecified atom stereocenters. The van der Waals surface area contributed by atoms with Crippen LogP contribution in [-0.4, -0.2) is 37.6 Å². The lowest BCUT2D eigenvalue weighted by atomic mass is 9.98. The minimum absolute atomic E-state index is 0.191. The molecule has 1 fully saturated rings. The minimum Gasteiger partial charge on any atom is -0.497 e. The van der Waals surface area contributed by atoms with E-state index >= 15 is 0 Å². The number of benzene rings is 2. The molecule has 2 aromatic carbocycles. The SMILES string of the molecule is COc1ccc(CC(=O)N2CCCC(COc3ccccc3C)C2)cc1. The van der Waals surface area contributed by atoms with Gasteiger partial charge in [0.15, 0.2) is 0 Å². The number of carbonyl (C=O) groups excluding carboxylic acids is 1. The lowest BCUT2D eigenvalue weighted by Crippen LogP contribution is -2.42. The molecule has 1 aliphatic heterocycles. The molecule has 2 aromatic rings. The Labute approximate surface area is 155 Å². The van der Waals surface area contributed by atoms with E-state index in [0.29, 0.717) is 18.9 Å². The van der Waals surface area contributed by atoms with Gasteiger partial charge in [-0.2, -0.15) is 0 Å². The Balaban J connectivity index is 1.52. The normalized spacial score (nSPS) is 17.0. The molecule has 3 rings (SSSR count). The Kier molecular flexibility index (Phi) is 6.16. The standard InChI is InChI=1S/C22H27NO3/c1-17-6-3-4-8-21(17)26-16-19-7-5-13-23(15-19)22(24)14-18-9-11-20(25-2)12-10-18/h3-4,6,8-12,19H,5,7,13-16H2,1-2H3. The minimum atomic E-state index is 0.191. The van der Waals surface area contributed by atoms with Crippen LogP contribution in [0.5, 0.6) is 11.5 Å². The fourth-order valence-corrected chi connectivity index (χ4v) is 3.38. The maximum absolute atomic E-state index is 12.6. The van der Waals surface area contributed by atoms with Gasteiger partial charge in [-0.25, -0.2) is 0 Å². The second-order valence-electron chi connectivity index (χ2n) is 6.95. The van der Waals surface area contributed by atoms with Crippen molar-refractivity contribution in [3.63, 3.8) is 0 Å². The van der Waals surface area contributed by atoms with Crippen molar-refractivity contribution < 1.29 is 14.3 Å². The Morgan fingerprint density at radius 1 is 1.15 bits per heavy atom. The number of para-hydroxylation sites is 1. The summed E-state index contributed by atoms with van der Waals surface area (Å²) in [7, 11) is 1.65. The van der Waals surface area contributed by atoms with Crippen LogP contribution in [0.25, 0.3) is 0 Å². The summed E-state index contributed by atoms with van der Waals surface area (Å²) in [4.78, 5) is 14.6. The van der Waals surface area contributed by atoms with E-state index in [1.807, 2.05) is 47.4 Å². The molecule has 4 heteroatoms. The number of aryl methyl sites for hydroxylation is 1. The van der Waals surface area contributed by atoms with Crippen LogP contribution in [-0.2, 0) is 11.2 Å². The maximum atomic E-state index is 12.6. The van der Waals surface area contributed by atoms with E-state index in [-0.39, 0.29) is 5.91 Å². The molecule has 0 radical (unpaired) electrons. The van der Waals surface area contributed by atoms with Gasteiger partial charge in [0.05, 0.1) is 20.1 Å². The molecular weight excluding hydrogens is 326 g/mol. The highest BCUT2D eigenvalue weighted by Crippen LogP contribution is 2.22. The molecule has 1 saturated heterocycles. The molecule has 138 valence electrons. The third kappa shape index (κ3) is 4.78. The molecule has 0 spiro atoms. The quantitative estimate of drug-likeness (QED) is 0.791. The van der Waals surface area contributed by atoms with Gasteiger partial charge in [-0.1, -0.05) is 30.3 Å². The van der Waals surface area contributed by atoms with Gasteiger partial charge in [0.2, 0.25) is 5.91 Å². The Morgan fingerprint density at radius 3 is 2.65 bits per heavy atom. The van der Waals surface area contributed by atoms with Crippen LogP contribution in [0.3, 0.4) is 0 Å². The van der Waals surface area contributed by atoms with Crippen LogP contribution in [0.4, 0.5) is 0 Å². The molecule has 0 N–H and O–H groups in total. The van der Waals surface area contributed by atoms with Crippen LogP contribution in [0, 0.1) is 12.8 Å². The number of methoxy groups -OCH3 is 1. The maximum Gasteiger partial charge on any atom is 0.227 e. The van der Waals surface area contributed by atoms with Gasteiger partial charge in [-0.3, -0.25) is 4.79 Å². The van der Waals surface area contributed by atoms with E-state index < -0.39 is 0 Å². The number of hydrogen-bond acceptors (Lipinski definition) is 3. The number of likely N-dealkylation sites (tertiary alicyclic amines) is 1. The Morgan fingerprint density at radius 2 is 1.92 bits per heavy atom. The summed E-state index contributed by atoms with van der Waals surface area (Å²) in [5, 5.41) is 0. The largest absolute Gasteiger partial charge is 0.497 e. The molecule has 4 nitrogen and oxygen atoms in total. The van der Waals surface area contributed by atoms with E-state index in [1.54, 1.807) is 7.11 Å². The lowest BCUT2D eigenvalue weighted by molar-refractivity contribution is -0.132. The summed E-state index contributed by atoms with van der Waals surface area (Å²) < 4.78 is 11.2. The predicted molar refractivity (Wildman–Crippen MR) is 103 cm³/mol. The molecule has 1 atom stereocenters. The molecule has 1 heterocycles. The molecular formula is C22H27NO3. The van der Waals surface area contributed by atoms with Gasteiger partial charge in [0.25, 0.3) is 0 Å². The third-order valence-electron chi connectivity index (χ3n) is 4.95. The van der Waals surface area contributed by atoms with Gasteiger partial charge in [0.1, 0.15) is 11.5 Å². The second-order valence-corrected chi connectivity index (χ2v) is 6.95. The number of ether oxygens (including phenoxy) is 2. The zero-order valence-electron chi connectivity index (χ0n) is 15.6. The first-order valence-corrected chi connectivity index (χ1v) is 9.25. The Hall–Kier alpha value is -2.49. The molecule has 0 aromatic heterocycles. The van der Waals surface area contributed by atoms with Gasteiger partial charge in [0, 0.05) is 19.0 Å². The molecule has 1 aliphatic rings. The first kappa shape index (κ1) is 18.3. The summed E-state index contributed by atoms with van der Waals surface area (Å²) in [5.41, 5.74) is 2.17. The van der Waals surface area contributed by atoms with Gasteiger partial charge >= 0.3 is 0 Å². The van der Waals surface area contributed by atoms with Crippen molar-refractivity contribution in [3.8, 4) is 11.5 Å². The number of carbonyl (C=O) groups is 1. The average molecular weight is 353 g/mol. The topological polar surface area (TPSA) is 38.8 Å². The zero-order valence-corrected chi connectivity index (χ0v) is 15.6. The van der Waals surface area contributed by atoms with Crippen LogP contribution in [0.2, 0.25) is 0 Å². The number of piperidine rings is 1. The third-order valence-corrected chi connectivity index (χ3v) is 4.95. The van der Waals surface area contributed by atoms with Crippen molar-refractivity contribution in [1.29, 1.82) is 0 Å². The van der Waals surface area contributed by atoms with Crippen molar-refractivity contribution in [2.45, 2.75) is 26.2 Å². The van der Waals surface area contributed by atoms with E-state index in [2.05, 4.69) is 13.0 Å². The monoisotopic (exact) mass is 353 g/mol. The van der Waals surface area contributed by atoms with Crippen molar-refractivity contribution in [1.82, 2.24) is 4.90 Å². The number of hydrogen-bond donors (Lipinski definition) is 0. The highest BCUT2D eigenvalue weighted by atomic mass is 16.5. The molecule has 0 bridgehead atoms. The van der Waals surface area contributed by atoms with E-state index in [1.165, 1.54) is 0 Å². The zero-order chi connectivity index (χ0) is 18.4. The summed E-state index contributed by atoms with van der Waals surface area (Å²) in [5.74, 6) is 2.33. The highest BCUT2D eigenvalue weighted by Gasteiger charge is 2.24. The smallest absolute Gasteiger partial charge is 0.227 e. The van der Waals surface area contributed by atoms with Crippen molar-refractivity contribution in [3.05, 3.63) is 59.7 Å². The van der Waals surface area contributed by atoms with Crippen molar-refractivity contribution in [2.75, 3.05) is 26.8 Å². The fourth-order valence-electron chi connectivity index (χ4n) is 3.38. The number of amides is 1. The molecule has 1 amide bonds.